The van der Waals surface area contributed by atoms with E-state index in [1.165, 1.54) is 6.07 Å². The van der Waals surface area contributed by atoms with Gasteiger partial charge in [-0.2, -0.15) is 0 Å². The van der Waals surface area contributed by atoms with E-state index in [1.54, 1.807) is 17.8 Å². The molecule has 0 fully saturated rings. The summed E-state index contributed by atoms with van der Waals surface area (Å²) in [5, 5.41) is 8.62. The van der Waals surface area contributed by atoms with Gasteiger partial charge in [-0.15, -0.1) is 11.8 Å². The Balaban J connectivity index is 2.78. The van der Waals surface area contributed by atoms with Crippen LogP contribution in [0.5, 0.6) is 0 Å². The van der Waals surface area contributed by atoms with Gasteiger partial charge in [0.1, 0.15) is 5.82 Å². The van der Waals surface area contributed by atoms with Crippen molar-refractivity contribution in [2.45, 2.75) is 17.7 Å². The molecule has 3 heteroatoms. The summed E-state index contributed by atoms with van der Waals surface area (Å²) in [6, 6.07) is 5.09. The topological polar surface area (TPSA) is 20.2 Å². The Kier molecular flexibility index (Phi) is 4.25. The van der Waals surface area contributed by atoms with Gasteiger partial charge in [-0.05, 0) is 42.9 Å². The van der Waals surface area contributed by atoms with Crippen LogP contribution in [0.4, 0.5) is 4.39 Å². The Labute approximate surface area is 82.0 Å². The van der Waals surface area contributed by atoms with E-state index in [0.717, 1.165) is 4.90 Å². The first-order chi connectivity index (χ1) is 6.27. The van der Waals surface area contributed by atoms with Crippen LogP contribution >= 0.6 is 11.8 Å². The second-order valence-electron chi connectivity index (χ2n) is 2.78. The molecule has 1 rings (SSSR count). The smallest absolute Gasteiger partial charge is 0.126 e. The second kappa shape index (κ2) is 5.25. The van der Waals surface area contributed by atoms with Crippen molar-refractivity contribution in [3.05, 3.63) is 29.6 Å². The summed E-state index contributed by atoms with van der Waals surface area (Å²) in [6.07, 6.45) is 3.19. The summed E-state index contributed by atoms with van der Waals surface area (Å²) >= 11 is 1.60. The number of thioether (sulfide) groups is 1. The molecule has 1 N–H and O–H groups in total. The van der Waals surface area contributed by atoms with Crippen molar-refractivity contribution in [2.24, 2.45) is 0 Å². The van der Waals surface area contributed by atoms with E-state index in [2.05, 4.69) is 0 Å². The Hall–Kier alpha value is -0.540. The molecular weight excluding hydrogens is 187 g/mol. The molecule has 0 saturated carbocycles. The van der Waals surface area contributed by atoms with Crippen LogP contribution in [-0.4, -0.2) is 18.0 Å². The Bertz CT molecular complexity index is 276. The van der Waals surface area contributed by atoms with Crippen LogP contribution in [0.1, 0.15) is 12.0 Å². The molecule has 1 aromatic rings. The Morgan fingerprint density at radius 3 is 2.85 bits per heavy atom. The summed E-state index contributed by atoms with van der Waals surface area (Å²) in [5.41, 5.74) is 0.695. The lowest BCUT2D eigenvalue weighted by Gasteiger charge is -2.03. The van der Waals surface area contributed by atoms with Crippen molar-refractivity contribution in [1.29, 1.82) is 0 Å². The van der Waals surface area contributed by atoms with E-state index in [1.807, 2.05) is 12.3 Å². The molecule has 0 amide bonds. The SMILES string of the molecule is CSc1ccc(F)c(CCCO)c1. The summed E-state index contributed by atoms with van der Waals surface area (Å²) in [6.45, 7) is 0.114. The largest absolute Gasteiger partial charge is 0.396 e. The fourth-order valence-corrected chi connectivity index (χ4v) is 1.60. The van der Waals surface area contributed by atoms with Crippen LogP contribution in [-0.2, 0) is 6.42 Å². The first kappa shape index (κ1) is 10.5. The molecule has 0 aliphatic rings. The number of aliphatic hydroxyl groups excluding tert-OH is 1. The van der Waals surface area contributed by atoms with Crippen molar-refractivity contribution < 1.29 is 9.50 Å². The van der Waals surface area contributed by atoms with Crippen molar-refractivity contribution in [1.82, 2.24) is 0 Å². The monoisotopic (exact) mass is 200 g/mol. The highest BCUT2D eigenvalue weighted by atomic mass is 32.2. The van der Waals surface area contributed by atoms with E-state index in [0.29, 0.717) is 18.4 Å². The summed E-state index contributed by atoms with van der Waals surface area (Å²) in [4.78, 5) is 1.06. The first-order valence-corrected chi connectivity index (χ1v) is 5.43. The molecule has 0 aliphatic heterocycles. The van der Waals surface area contributed by atoms with Crippen molar-refractivity contribution >= 4 is 11.8 Å². The van der Waals surface area contributed by atoms with Gasteiger partial charge in [-0.3, -0.25) is 0 Å². The summed E-state index contributed by atoms with van der Waals surface area (Å²) in [7, 11) is 0. The maximum atomic E-state index is 13.1. The van der Waals surface area contributed by atoms with Crippen LogP contribution in [0.2, 0.25) is 0 Å². The lowest BCUT2D eigenvalue weighted by Crippen LogP contribution is -1.93. The third-order valence-corrected chi connectivity index (χ3v) is 2.58. The molecule has 0 saturated heterocycles. The van der Waals surface area contributed by atoms with Gasteiger partial charge in [0.05, 0.1) is 0 Å². The van der Waals surface area contributed by atoms with E-state index < -0.39 is 0 Å². The molecular formula is C10H13FOS. The molecule has 0 aromatic heterocycles. The maximum absolute atomic E-state index is 13.1. The van der Waals surface area contributed by atoms with E-state index in [9.17, 15) is 4.39 Å². The fourth-order valence-electron chi connectivity index (χ4n) is 1.14. The highest BCUT2D eigenvalue weighted by Gasteiger charge is 2.02. The molecule has 13 heavy (non-hydrogen) atoms. The van der Waals surface area contributed by atoms with E-state index >= 15 is 0 Å². The van der Waals surface area contributed by atoms with Gasteiger partial charge in [0, 0.05) is 11.5 Å². The molecule has 0 spiro atoms. The number of aliphatic hydroxyl groups is 1. The van der Waals surface area contributed by atoms with Gasteiger partial charge in [0.2, 0.25) is 0 Å². The molecule has 0 unspecified atom stereocenters. The minimum Gasteiger partial charge on any atom is -0.396 e. The number of rotatable bonds is 4. The average Bonchev–Trinajstić information content (AvgIpc) is 2.17. The third-order valence-electron chi connectivity index (χ3n) is 1.86. The second-order valence-corrected chi connectivity index (χ2v) is 3.66. The molecule has 1 aromatic carbocycles. The Morgan fingerprint density at radius 2 is 2.23 bits per heavy atom. The number of halogens is 1. The minimum atomic E-state index is -0.175. The van der Waals surface area contributed by atoms with Crippen molar-refractivity contribution in [2.75, 3.05) is 12.9 Å². The molecule has 1 nitrogen and oxygen atoms in total. The van der Waals surface area contributed by atoms with E-state index in [4.69, 9.17) is 5.11 Å². The van der Waals surface area contributed by atoms with Crippen LogP contribution in [0.15, 0.2) is 23.1 Å². The number of hydrogen-bond acceptors (Lipinski definition) is 2. The fraction of sp³-hybridized carbons (Fsp3) is 0.400. The highest BCUT2D eigenvalue weighted by Crippen LogP contribution is 2.19. The predicted molar refractivity (Wildman–Crippen MR) is 53.6 cm³/mol. The van der Waals surface area contributed by atoms with Gasteiger partial charge in [0.15, 0.2) is 0 Å². The molecule has 0 bridgehead atoms. The highest BCUT2D eigenvalue weighted by molar-refractivity contribution is 7.98. The van der Waals surface area contributed by atoms with Crippen LogP contribution in [0.25, 0.3) is 0 Å². The number of aryl methyl sites for hydroxylation is 1. The first-order valence-electron chi connectivity index (χ1n) is 4.21. The molecule has 0 atom stereocenters. The quantitative estimate of drug-likeness (QED) is 0.753. The van der Waals surface area contributed by atoms with Crippen molar-refractivity contribution in [3.8, 4) is 0 Å². The van der Waals surface area contributed by atoms with Gasteiger partial charge in [-0.1, -0.05) is 0 Å². The molecule has 72 valence electrons. The number of benzene rings is 1. The maximum Gasteiger partial charge on any atom is 0.126 e. The molecule has 0 aliphatic carbocycles. The van der Waals surface area contributed by atoms with Crippen LogP contribution in [0, 0.1) is 5.82 Å². The van der Waals surface area contributed by atoms with Gasteiger partial charge in [0.25, 0.3) is 0 Å². The Morgan fingerprint density at radius 1 is 1.46 bits per heavy atom. The van der Waals surface area contributed by atoms with Crippen LogP contribution < -0.4 is 0 Å². The normalized spacial score (nSPS) is 10.4. The van der Waals surface area contributed by atoms with Crippen LogP contribution in [0.3, 0.4) is 0 Å². The average molecular weight is 200 g/mol. The molecule has 0 radical (unpaired) electrons. The van der Waals surface area contributed by atoms with Crippen molar-refractivity contribution in [3.63, 3.8) is 0 Å². The number of hydrogen-bond donors (Lipinski definition) is 1. The lowest BCUT2D eigenvalue weighted by molar-refractivity contribution is 0.288. The zero-order valence-electron chi connectivity index (χ0n) is 7.59. The van der Waals surface area contributed by atoms with E-state index in [-0.39, 0.29) is 12.4 Å². The predicted octanol–water partition coefficient (Wildman–Crippen LogP) is 2.47. The molecule has 0 heterocycles. The van der Waals surface area contributed by atoms with Gasteiger partial charge < -0.3 is 5.11 Å². The van der Waals surface area contributed by atoms with Gasteiger partial charge in [-0.25, -0.2) is 4.39 Å². The standard InChI is InChI=1S/C10H13FOS/c1-13-9-4-5-10(11)8(7-9)3-2-6-12/h4-5,7,12H,2-3,6H2,1H3. The minimum absolute atomic E-state index is 0.114. The third kappa shape index (κ3) is 3.01. The zero-order valence-corrected chi connectivity index (χ0v) is 8.40. The summed E-state index contributed by atoms with van der Waals surface area (Å²) < 4.78 is 13.1. The van der Waals surface area contributed by atoms with Gasteiger partial charge >= 0.3 is 0 Å². The lowest BCUT2D eigenvalue weighted by atomic mass is 10.1. The summed E-state index contributed by atoms with van der Waals surface area (Å²) in [5.74, 6) is -0.175. The zero-order chi connectivity index (χ0) is 9.68.